The summed E-state index contributed by atoms with van der Waals surface area (Å²) in [7, 11) is 1.32. The van der Waals surface area contributed by atoms with Gasteiger partial charge in [0.05, 0.1) is 35.8 Å². The molecule has 1 atom stereocenters. The highest BCUT2D eigenvalue weighted by Crippen LogP contribution is 2.42. The van der Waals surface area contributed by atoms with Gasteiger partial charge in [-0.1, -0.05) is 72.8 Å². The van der Waals surface area contributed by atoms with E-state index in [0.29, 0.717) is 40.2 Å². The zero-order valence-corrected chi connectivity index (χ0v) is 24.9. The second kappa shape index (κ2) is 13.1. The summed E-state index contributed by atoms with van der Waals surface area (Å²) in [5.41, 5.74) is 5.57. The van der Waals surface area contributed by atoms with E-state index in [1.54, 1.807) is 32.0 Å². The van der Waals surface area contributed by atoms with Crippen LogP contribution in [0.1, 0.15) is 54.9 Å². The Bertz CT molecular complexity index is 1540. The zero-order valence-electron chi connectivity index (χ0n) is 24.9. The Hall–Kier alpha value is -4.67. The Labute approximate surface area is 253 Å². The largest absolute Gasteiger partial charge is 0.466 e. The van der Waals surface area contributed by atoms with Crippen LogP contribution in [0.25, 0.3) is 0 Å². The lowest BCUT2D eigenvalue weighted by Gasteiger charge is -2.43. The molecule has 0 bridgehead atoms. The average Bonchev–Trinajstić information content (AvgIpc) is 3.05. The van der Waals surface area contributed by atoms with Crippen molar-refractivity contribution >= 4 is 11.9 Å². The fourth-order valence-corrected chi connectivity index (χ4v) is 6.53. The molecule has 3 aromatic carbocycles. The Morgan fingerprint density at radius 1 is 0.884 bits per heavy atom. The normalized spacial score (nSPS) is 18.4. The van der Waals surface area contributed by atoms with Crippen LogP contribution < -0.4 is 5.32 Å². The maximum absolute atomic E-state index is 13.6. The van der Waals surface area contributed by atoms with Crippen molar-refractivity contribution in [1.29, 1.82) is 5.26 Å². The number of carbonyl (C=O) groups excluding carboxylic acids is 2. The predicted octanol–water partition coefficient (Wildman–Crippen LogP) is 5.59. The molecule has 1 N–H and O–H groups in total. The van der Waals surface area contributed by atoms with Gasteiger partial charge < -0.3 is 14.8 Å². The number of dihydropyridines is 1. The van der Waals surface area contributed by atoms with E-state index < -0.39 is 17.9 Å². The van der Waals surface area contributed by atoms with E-state index in [9.17, 15) is 14.9 Å². The molecular weight excluding hydrogens is 538 g/mol. The molecule has 2 aliphatic heterocycles. The van der Waals surface area contributed by atoms with Gasteiger partial charge in [0.15, 0.2) is 0 Å². The van der Waals surface area contributed by atoms with Crippen LogP contribution in [0.3, 0.4) is 0 Å². The quantitative estimate of drug-likeness (QED) is 0.350. The van der Waals surface area contributed by atoms with Crippen molar-refractivity contribution in [1.82, 2.24) is 10.2 Å². The molecule has 1 unspecified atom stereocenters. The van der Waals surface area contributed by atoms with Crippen LogP contribution in [-0.2, 0) is 24.5 Å². The molecule has 1 fully saturated rings. The van der Waals surface area contributed by atoms with Gasteiger partial charge in [0.25, 0.3) is 0 Å². The third-order valence-corrected chi connectivity index (χ3v) is 8.74. The van der Waals surface area contributed by atoms with Gasteiger partial charge >= 0.3 is 11.9 Å². The minimum absolute atomic E-state index is 0.0505. The lowest BCUT2D eigenvalue weighted by molar-refractivity contribution is -0.140. The number of nitrogens with one attached hydrogen (secondary N) is 1. The van der Waals surface area contributed by atoms with Crippen LogP contribution in [0, 0.1) is 11.3 Å². The standard InChI is InChI=1S/C36H37N3O4/c1-25-31(34(40)42-3)33(28-12-10-11-27(23-28)24-37)32(26(2)38-25)35(41)43-22-21-39-19-17-36(18-20-39,29-13-6-4-7-14-29)30-15-8-5-9-16-30/h4-16,23,33,38H,17-22H2,1-3H3. The number of methoxy groups -OCH3 is 1. The molecule has 0 radical (unpaired) electrons. The Morgan fingerprint density at radius 3 is 2.02 bits per heavy atom. The number of benzene rings is 3. The van der Waals surface area contributed by atoms with E-state index in [1.807, 2.05) is 6.07 Å². The molecule has 0 saturated carbocycles. The number of allylic oxidation sites excluding steroid dienone is 2. The maximum atomic E-state index is 13.6. The summed E-state index contributed by atoms with van der Waals surface area (Å²) in [5.74, 6) is -1.75. The summed E-state index contributed by atoms with van der Waals surface area (Å²) >= 11 is 0. The van der Waals surface area contributed by atoms with Crippen molar-refractivity contribution < 1.29 is 19.1 Å². The van der Waals surface area contributed by atoms with Gasteiger partial charge in [0.2, 0.25) is 0 Å². The van der Waals surface area contributed by atoms with Crippen molar-refractivity contribution in [3.05, 3.63) is 130 Å². The van der Waals surface area contributed by atoms with Gasteiger partial charge in [-0.3, -0.25) is 4.90 Å². The molecule has 0 amide bonds. The summed E-state index contributed by atoms with van der Waals surface area (Å²) in [6, 6.07) is 30.5. The first-order valence-corrected chi connectivity index (χ1v) is 14.7. The van der Waals surface area contributed by atoms with Crippen molar-refractivity contribution in [2.45, 2.75) is 38.0 Å². The second-order valence-corrected chi connectivity index (χ2v) is 11.2. The third kappa shape index (κ3) is 6.11. The van der Waals surface area contributed by atoms with Crippen LogP contribution >= 0.6 is 0 Å². The van der Waals surface area contributed by atoms with E-state index in [1.165, 1.54) is 18.2 Å². The van der Waals surface area contributed by atoms with Gasteiger partial charge in [0, 0.05) is 23.4 Å². The van der Waals surface area contributed by atoms with E-state index in [-0.39, 0.29) is 12.0 Å². The molecule has 2 aliphatic rings. The number of hydrogen-bond acceptors (Lipinski definition) is 7. The Balaban J connectivity index is 1.29. The zero-order chi connectivity index (χ0) is 30.4. The summed E-state index contributed by atoms with van der Waals surface area (Å²) in [4.78, 5) is 28.9. The molecule has 7 nitrogen and oxygen atoms in total. The second-order valence-electron chi connectivity index (χ2n) is 11.2. The van der Waals surface area contributed by atoms with Crippen LogP contribution in [0.4, 0.5) is 0 Å². The molecule has 2 heterocycles. The number of rotatable bonds is 8. The molecule has 43 heavy (non-hydrogen) atoms. The third-order valence-electron chi connectivity index (χ3n) is 8.74. The van der Waals surface area contributed by atoms with Gasteiger partial charge in [-0.2, -0.15) is 5.26 Å². The smallest absolute Gasteiger partial charge is 0.336 e. The van der Waals surface area contributed by atoms with Crippen molar-refractivity contribution in [2.75, 3.05) is 33.4 Å². The highest BCUT2D eigenvalue weighted by atomic mass is 16.5. The fourth-order valence-electron chi connectivity index (χ4n) is 6.53. The first-order chi connectivity index (χ1) is 20.9. The summed E-state index contributed by atoms with van der Waals surface area (Å²) in [6.45, 7) is 6.16. The minimum atomic E-state index is -0.721. The van der Waals surface area contributed by atoms with Crippen LogP contribution in [0.15, 0.2) is 107 Å². The van der Waals surface area contributed by atoms with Gasteiger partial charge in [0.1, 0.15) is 6.61 Å². The lowest BCUT2D eigenvalue weighted by Crippen LogP contribution is -2.44. The molecular formula is C36H37N3O4. The number of nitrogens with zero attached hydrogens (tertiary/aromatic N) is 2. The van der Waals surface area contributed by atoms with Crippen LogP contribution in [0.5, 0.6) is 0 Å². The molecule has 5 rings (SSSR count). The Morgan fingerprint density at radius 2 is 1.47 bits per heavy atom. The van der Waals surface area contributed by atoms with Crippen molar-refractivity contribution in [3.63, 3.8) is 0 Å². The molecule has 0 spiro atoms. The first-order valence-electron chi connectivity index (χ1n) is 14.7. The number of esters is 2. The summed E-state index contributed by atoms with van der Waals surface area (Å²) < 4.78 is 11.0. The minimum Gasteiger partial charge on any atom is -0.466 e. The van der Waals surface area contributed by atoms with Gasteiger partial charge in [-0.05, 0) is 68.6 Å². The number of ether oxygens (including phenoxy) is 2. The molecule has 220 valence electrons. The van der Waals surface area contributed by atoms with Crippen molar-refractivity contribution in [2.24, 2.45) is 0 Å². The first kappa shape index (κ1) is 29.8. The predicted molar refractivity (Wildman–Crippen MR) is 165 cm³/mol. The molecule has 3 aromatic rings. The molecule has 1 saturated heterocycles. The van der Waals surface area contributed by atoms with E-state index in [0.717, 1.165) is 25.9 Å². The monoisotopic (exact) mass is 575 g/mol. The summed E-state index contributed by atoms with van der Waals surface area (Å²) in [6.07, 6.45) is 1.93. The highest BCUT2D eigenvalue weighted by Gasteiger charge is 2.39. The summed E-state index contributed by atoms with van der Waals surface area (Å²) in [5, 5.41) is 12.7. The van der Waals surface area contributed by atoms with E-state index in [2.05, 4.69) is 76.9 Å². The Kier molecular flexibility index (Phi) is 9.08. The number of likely N-dealkylation sites (tertiary alicyclic amines) is 1. The lowest BCUT2D eigenvalue weighted by atomic mass is 9.68. The van der Waals surface area contributed by atoms with Crippen LogP contribution in [-0.4, -0.2) is 50.2 Å². The highest BCUT2D eigenvalue weighted by molar-refractivity contribution is 5.99. The van der Waals surface area contributed by atoms with Crippen LogP contribution in [0.2, 0.25) is 0 Å². The van der Waals surface area contributed by atoms with E-state index >= 15 is 0 Å². The topological polar surface area (TPSA) is 91.7 Å². The number of carbonyl (C=O) groups is 2. The number of piperidine rings is 1. The maximum Gasteiger partial charge on any atom is 0.336 e. The van der Waals surface area contributed by atoms with Gasteiger partial charge in [-0.25, -0.2) is 9.59 Å². The van der Waals surface area contributed by atoms with E-state index in [4.69, 9.17) is 9.47 Å². The SMILES string of the molecule is COC(=O)C1=C(C)NC(C)=C(C(=O)OCCN2CCC(c3ccccc3)(c3ccccc3)CC2)C1c1cccc(C#N)c1. The van der Waals surface area contributed by atoms with Gasteiger partial charge in [-0.15, -0.1) is 0 Å². The average molecular weight is 576 g/mol. The molecule has 7 heteroatoms. The number of hydrogen-bond donors (Lipinski definition) is 1. The van der Waals surface area contributed by atoms with Crippen molar-refractivity contribution in [3.8, 4) is 6.07 Å². The molecule has 0 aliphatic carbocycles. The molecule has 0 aromatic heterocycles. The number of nitriles is 1. The fraction of sp³-hybridized carbons (Fsp3) is 0.306.